The fourth-order valence-electron chi connectivity index (χ4n) is 3.53. The monoisotopic (exact) mass is 475 g/mol. The standard InChI is InChI=1S/C27H25NO7/c1-16(2)21-9-6-17(3)11-24(21)33-15-25(29)34-19-8-7-18-12-22(27(31)35-23(18)13-19)26(30)28-14-20-5-4-10-32-20/h4-13,16H,14-15H2,1-3H3,(H,28,30). The lowest BCUT2D eigenvalue weighted by Gasteiger charge is -2.14. The van der Waals surface area contributed by atoms with Gasteiger partial charge < -0.3 is 23.6 Å². The molecule has 0 aliphatic heterocycles. The number of ether oxygens (including phenoxy) is 2. The molecule has 0 aliphatic rings. The second-order valence-electron chi connectivity index (χ2n) is 8.37. The van der Waals surface area contributed by atoms with Crippen LogP contribution in [0.15, 0.2) is 74.5 Å². The normalized spacial score (nSPS) is 11.0. The Morgan fingerprint density at radius 2 is 1.89 bits per heavy atom. The summed E-state index contributed by atoms with van der Waals surface area (Å²) in [5.74, 6) is 0.444. The number of amides is 1. The van der Waals surface area contributed by atoms with Crippen molar-refractivity contribution in [2.45, 2.75) is 33.2 Å². The van der Waals surface area contributed by atoms with Gasteiger partial charge >= 0.3 is 11.6 Å². The number of carbonyl (C=O) groups is 2. The Kier molecular flexibility index (Phi) is 7.01. The third-order valence-corrected chi connectivity index (χ3v) is 5.32. The van der Waals surface area contributed by atoms with Crippen LogP contribution in [0.5, 0.6) is 11.5 Å². The summed E-state index contributed by atoms with van der Waals surface area (Å²) in [6.45, 7) is 5.91. The molecule has 2 heterocycles. The Hall–Kier alpha value is -4.33. The van der Waals surface area contributed by atoms with E-state index >= 15 is 0 Å². The minimum absolute atomic E-state index is 0.138. The van der Waals surface area contributed by atoms with Crippen molar-refractivity contribution in [3.05, 3.63) is 93.7 Å². The molecule has 0 saturated carbocycles. The number of carbonyl (C=O) groups excluding carboxylic acids is 2. The van der Waals surface area contributed by atoms with Crippen molar-refractivity contribution in [2.24, 2.45) is 0 Å². The minimum Gasteiger partial charge on any atom is -0.482 e. The van der Waals surface area contributed by atoms with Gasteiger partial charge in [-0.05, 0) is 60.4 Å². The molecule has 1 amide bonds. The number of hydrogen-bond acceptors (Lipinski definition) is 7. The molecule has 0 atom stereocenters. The summed E-state index contributed by atoms with van der Waals surface area (Å²) in [5.41, 5.74) is 1.27. The smallest absolute Gasteiger partial charge is 0.349 e. The van der Waals surface area contributed by atoms with Gasteiger partial charge in [-0.15, -0.1) is 0 Å². The van der Waals surface area contributed by atoms with Crippen LogP contribution in [0.3, 0.4) is 0 Å². The van der Waals surface area contributed by atoms with Crippen molar-refractivity contribution in [2.75, 3.05) is 6.61 Å². The Balaban J connectivity index is 1.43. The van der Waals surface area contributed by atoms with Gasteiger partial charge in [0.25, 0.3) is 5.91 Å². The molecule has 8 nitrogen and oxygen atoms in total. The molecule has 1 N–H and O–H groups in total. The van der Waals surface area contributed by atoms with Crippen molar-refractivity contribution in [1.29, 1.82) is 0 Å². The van der Waals surface area contributed by atoms with Gasteiger partial charge in [0.05, 0.1) is 12.8 Å². The van der Waals surface area contributed by atoms with E-state index < -0.39 is 17.5 Å². The van der Waals surface area contributed by atoms with Crippen LogP contribution < -0.4 is 20.4 Å². The van der Waals surface area contributed by atoms with Gasteiger partial charge in [0.2, 0.25) is 0 Å². The molecule has 2 aromatic carbocycles. The van der Waals surface area contributed by atoms with Gasteiger partial charge in [0.15, 0.2) is 6.61 Å². The fourth-order valence-corrected chi connectivity index (χ4v) is 3.53. The van der Waals surface area contributed by atoms with Gasteiger partial charge in [-0.2, -0.15) is 0 Å². The zero-order valence-electron chi connectivity index (χ0n) is 19.6. The second kappa shape index (κ2) is 10.3. The van der Waals surface area contributed by atoms with Crippen LogP contribution >= 0.6 is 0 Å². The fraction of sp³-hybridized carbons (Fsp3) is 0.222. The van der Waals surface area contributed by atoms with Crippen LogP contribution in [0, 0.1) is 6.92 Å². The topological polar surface area (TPSA) is 108 Å². The number of hydrogen-bond donors (Lipinski definition) is 1. The molecular weight excluding hydrogens is 450 g/mol. The third-order valence-electron chi connectivity index (χ3n) is 5.32. The summed E-state index contributed by atoms with van der Waals surface area (Å²) in [6.07, 6.45) is 1.49. The van der Waals surface area contributed by atoms with Crippen LogP contribution in [0.1, 0.15) is 47.0 Å². The van der Waals surface area contributed by atoms with Gasteiger partial charge in [-0.1, -0.05) is 26.0 Å². The van der Waals surface area contributed by atoms with Gasteiger partial charge in [0.1, 0.15) is 28.4 Å². The Morgan fingerprint density at radius 3 is 2.63 bits per heavy atom. The van der Waals surface area contributed by atoms with Crippen LogP contribution in [-0.2, 0) is 11.3 Å². The number of aryl methyl sites for hydroxylation is 1. The minimum atomic E-state index is -0.804. The van der Waals surface area contributed by atoms with E-state index in [1.807, 2.05) is 39.0 Å². The molecule has 0 bridgehead atoms. The van der Waals surface area contributed by atoms with E-state index in [4.69, 9.17) is 18.3 Å². The number of furan rings is 1. The lowest BCUT2D eigenvalue weighted by atomic mass is 10.0. The number of fused-ring (bicyclic) bond motifs is 1. The summed E-state index contributed by atoms with van der Waals surface area (Å²) in [5, 5.41) is 3.11. The Bertz CT molecular complexity index is 1420. The van der Waals surface area contributed by atoms with Gasteiger partial charge in [-0.25, -0.2) is 9.59 Å². The van der Waals surface area contributed by atoms with Crippen molar-refractivity contribution in [3.63, 3.8) is 0 Å². The van der Waals surface area contributed by atoms with Crippen LogP contribution in [0.4, 0.5) is 0 Å². The summed E-state index contributed by atoms with van der Waals surface area (Å²) in [7, 11) is 0. The lowest BCUT2D eigenvalue weighted by molar-refractivity contribution is -0.136. The molecular formula is C27H25NO7. The average molecular weight is 475 g/mol. The first kappa shape index (κ1) is 23.8. The Morgan fingerprint density at radius 1 is 1.06 bits per heavy atom. The second-order valence-corrected chi connectivity index (χ2v) is 8.37. The highest BCUT2D eigenvalue weighted by molar-refractivity contribution is 5.96. The predicted molar refractivity (Wildman–Crippen MR) is 129 cm³/mol. The molecule has 35 heavy (non-hydrogen) atoms. The van der Waals surface area contributed by atoms with Crippen LogP contribution in [0.25, 0.3) is 11.0 Å². The predicted octanol–water partition coefficient (Wildman–Crippen LogP) is 4.73. The van der Waals surface area contributed by atoms with E-state index in [0.717, 1.165) is 11.1 Å². The highest BCUT2D eigenvalue weighted by atomic mass is 16.6. The van der Waals surface area contributed by atoms with Crippen LogP contribution in [0.2, 0.25) is 0 Å². The summed E-state index contributed by atoms with van der Waals surface area (Å²) in [6, 6.07) is 15.3. The SMILES string of the molecule is Cc1ccc(C(C)C)c(OCC(=O)Oc2ccc3cc(C(=O)NCc4ccco4)c(=O)oc3c2)c1. The first-order valence-electron chi connectivity index (χ1n) is 11.1. The van der Waals surface area contributed by atoms with Crippen molar-refractivity contribution >= 4 is 22.8 Å². The van der Waals surface area contributed by atoms with Crippen LogP contribution in [-0.4, -0.2) is 18.5 Å². The molecule has 8 heteroatoms. The zero-order valence-corrected chi connectivity index (χ0v) is 19.6. The number of esters is 1. The van der Waals surface area contributed by atoms with E-state index in [2.05, 4.69) is 5.32 Å². The molecule has 4 aromatic rings. The van der Waals surface area contributed by atoms with E-state index in [-0.39, 0.29) is 36.0 Å². The molecule has 180 valence electrons. The average Bonchev–Trinajstić information content (AvgIpc) is 3.34. The molecule has 0 fully saturated rings. The first-order valence-corrected chi connectivity index (χ1v) is 11.1. The third kappa shape index (κ3) is 5.78. The highest BCUT2D eigenvalue weighted by Crippen LogP contribution is 2.27. The number of rotatable bonds is 8. The molecule has 0 aliphatic carbocycles. The van der Waals surface area contributed by atoms with Crippen molar-refractivity contribution in [1.82, 2.24) is 5.32 Å². The largest absolute Gasteiger partial charge is 0.482 e. The summed E-state index contributed by atoms with van der Waals surface area (Å²) < 4.78 is 21.5. The molecule has 0 saturated heterocycles. The van der Waals surface area contributed by atoms with E-state index in [1.54, 1.807) is 24.3 Å². The lowest BCUT2D eigenvalue weighted by Crippen LogP contribution is -2.27. The molecule has 0 unspecified atom stereocenters. The van der Waals surface area contributed by atoms with Crippen molar-refractivity contribution < 1.29 is 27.9 Å². The highest BCUT2D eigenvalue weighted by Gasteiger charge is 2.16. The first-order chi connectivity index (χ1) is 16.8. The maximum Gasteiger partial charge on any atom is 0.349 e. The molecule has 2 aromatic heterocycles. The quantitative estimate of drug-likeness (QED) is 0.223. The Labute approximate surface area is 201 Å². The summed E-state index contributed by atoms with van der Waals surface area (Å²) >= 11 is 0. The maximum absolute atomic E-state index is 12.4. The molecule has 0 spiro atoms. The zero-order chi connectivity index (χ0) is 24.9. The summed E-state index contributed by atoms with van der Waals surface area (Å²) in [4.78, 5) is 37.1. The van der Waals surface area contributed by atoms with Gasteiger partial charge in [-0.3, -0.25) is 4.79 Å². The number of nitrogens with one attached hydrogen (secondary N) is 1. The number of benzene rings is 2. The molecule has 0 radical (unpaired) electrons. The molecule has 4 rings (SSSR count). The van der Waals surface area contributed by atoms with E-state index in [1.165, 1.54) is 18.4 Å². The van der Waals surface area contributed by atoms with Crippen molar-refractivity contribution in [3.8, 4) is 11.5 Å². The maximum atomic E-state index is 12.4. The van der Waals surface area contributed by atoms with E-state index in [0.29, 0.717) is 16.9 Å². The van der Waals surface area contributed by atoms with E-state index in [9.17, 15) is 14.4 Å². The van der Waals surface area contributed by atoms with Gasteiger partial charge in [0, 0.05) is 11.5 Å².